The van der Waals surface area contributed by atoms with Crippen LogP contribution in [-0.4, -0.2) is 106 Å². The van der Waals surface area contributed by atoms with Crippen molar-refractivity contribution in [1.29, 1.82) is 0 Å². The number of carbonyl (C=O) groups excluding carboxylic acids is 2. The third-order valence-corrected chi connectivity index (χ3v) is 15.4. The summed E-state index contributed by atoms with van der Waals surface area (Å²) >= 11 is 9.36. The van der Waals surface area contributed by atoms with Gasteiger partial charge in [-0.3, -0.25) is 4.68 Å². The Balaban J connectivity index is 0.000000241. The molecular weight excluding hydrogens is 1270 g/mol. The van der Waals surface area contributed by atoms with E-state index in [4.69, 9.17) is 28.3 Å². The smallest absolute Gasteiger partial charge is 0.493 e. The van der Waals surface area contributed by atoms with Gasteiger partial charge < -0.3 is 42.6 Å². The molecule has 0 spiro atoms. The van der Waals surface area contributed by atoms with Gasteiger partial charge in [-0.1, -0.05) is 69.7 Å². The maximum absolute atomic E-state index is 15.0. The van der Waals surface area contributed by atoms with E-state index in [0.717, 1.165) is 77.8 Å². The average molecular weight is 1350 g/mol. The molecule has 2 aromatic heterocycles. The first kappa shape index (κ1) is 66.4. The molecule has 13 nitrogen and oxygen atoms in total. The molecule has 0 radical (unpaired) electrons. The highest BCUT2D eigenvalue weighted by atomic mass is 127. The molecule has 1 aliphatic rings. The number of hydrogen-bond donors (Lipinski definition) is 0. The van der Waals surface area contributed by atoms with Crippen LogP contribution in [0.25, 0.3) is 33.1 Å². The highest BCUT2D eigenvalue weighted by Crippen LogP contribution is 2.37. The van der Waals surface area contributed by atoms with Gasteiger partial charge in [-0.2, -0.15) is 5.10 Å². The van der Waals surface area contributed by atoms with Crippen molar-refractivity contribution >= 4 is 101 Å². The van der Waals surface area contributed by atoms with Crippen molar-refractivity contribution in [2.75, 3.05) is 40.4 Å². The second-order valence-electron chi connectivity index (χ2n) is 23.0. The van der Waals surface area contributed by atoms with E-state index < -0.39 is 35.3 Å². The van der Waals surface area contributed by atoms with Gasteiger partial charge >= 0.3 is 19.3 Å². The van der Waals surface area contributed by atoms with Gasteiger partial charge in [0.2, 0.25) is 0 Å². The van der Waals surface area contributed by atoms with Gasteiger partial charge in [-0.05, 0) is 180 Å². The summed E-state index contributed by atoms with van der Waals surface area (Å²) in [5.74, 6) is 0.259. The molecule has 1 aliphatic heterocycles. The number of carbonyl (C=O) groups is 2. The molecule has 0 atom stereocenters. The van der Waals surface area contributed by atoms with Crippen LogP contribution < -0.4 is 14.9 Å². The van der Waals surface area contributed by atoms with Crippen LogP contribution in [0, 0.1) is 15.2 Å². The van der Waals surface area contributed by atoms with Crippen molar-refractivity contribution in [1.82, 2.24) is 24.1 Å². The molecule has 4 aromatic carbocycles. The van der Waals surface area contributed by atoms with E-state index in [9.17, 15) is 18.4 Å². The fourth-order valence-electron chi connectivity index (χ4n) is 8.46. The molecular formula is C61H83BBr2F2IN5O8. The molecule has 3 heterocycles. The topological polar surface area (TPSA) is 119 Å². The Kier molecular flexibility index (Phi) is 24.6. The van der Waals surface area contributed by atoms with Gasteiger partial charge in [0.25, 0.3) is 0 Å². The van der Waals surface area contributed by atoms with Crippen LogP contribution in [0.1, 0.15) is 134 Å². The molecule has 19 heteroatoms. The zero-order valence-electron chi connectivity index (χ0n) is 49.4. The molecule has 2 amide bonds. The molecule has 80 heavy (non-hydrogen) atoms. The first-order valence-electron chi connectivity index (χ1n) is 27.7. The average Bonchev–Trinajstić information content (AvgIpc) is 4.19. The van der Waals surface area contributed by atoms with Crippen molar-refractivity contribution in [3.63, 3.8) is 0 Å². The minimum absolute atomic E-state index is 0.298. The first-order valence-corrected chi connectivity index (χ1v) is 30.4. The lowest BCUT2D eigenvalue weighted by molar-refractivity contribution is 0.00578. The van der Waals surface area contributed by atoms with Crippen LogP contribution in [0.5, 0.6) is 11.5 Å². The molecule has 0 bridgehead atoms. The number of benzene rings is 4. The number of halogens is 5. The normalized spacial score (nSPS) is 13.8. The summed E-state index contributed by atoms with van der Waals surface area (Å²) in [6.45, 7) is 27.2. The summed E-state index contributed by atoms with van der Waals surface area (Å²) in [5, 5.41) is 6.89. The van der Waals surface area contributed by atoms with Gasteiger partial charge in [0.05, 0.1) is 35.4 Å². The van der Waals surface area contributed by atoms with Crippen LogP contribution in [0.4, 0.5) is 18.4 Å². The van der Waals surface area contributed by atoms with Crippen LogP contribution in [0.15, 0.2) is 87.9 Å². The van der Waals surface area contributed by atoms with Crippen molar-refractivity contribution in [3.8, 4) is 22.8 Å². The largest absolute Gasteiger partial charge is 0.497 e. The molecule has 7 rings (SSSR count). The van der Waals surface area contributed by atoms with E-state index in [1.165, 1.54) is 26.6 Å². The Morgan fingerprint density at radius 2 is 1.12 bits per heavy atom. The summed E-state index contributed by atoms with van der Waals surface area (Å²) in [7, 11) is 2.77. The quantitative estimate of drug-likeness (QED) is 0.0418. The number of nitrogens with zero attached hydrogens (tertiary/aromatic N) is 5. The number of rotatable bonds is 20. The molecule has 0 unspecified atom stereocenters. The third kappa shape index (κ3) is 19.6. The lowest BCUT2D eigenvalue weighted by Crippen LogP contribution is -2.41. The van der Waals surface area contributed by atoms with Gasteiger partial charge in [-0.25, -0.2) is 18.4 Å². The highest BCUT2D eigenvalue weighted by Gasteiger charge is 2.52. The Labute approximate surface area is 504 Å². The highest BCUT2D eigenvalue weighted by molar-refractivity contribution is 14.1. The maximum Gasteiger partial charge on any atom is 0.497 e. The van der Waals surface area contributed by atoms with Crippen molar-refractivity contribution in [2.24, 2.45) is 0 Å². The van der Waals surface area contributed by atoms with Crippen molar-refractivity contribution in [2.45, 2.75) is 170 Å². The number of amides is 2. The number of fused-ring (bicyclic) bond motifs is 2. The zero-order chi connectivity index (χ0) is 59.2. The third-order valence-electron chi connectivity index (χ3n) is 13.5. The minimum Gasteiger partial charge on any atom is -0.493 e. The zero-order valence-corrected chi connectivity index (χ0v) is 54.7. The summed E-state index contributed by atoms with van der Waals surface area (Å²) in [4.78, 5) is 27.1. The second kappa shape index (κ2) is 29.7. The lowest BCUT2D eigenvalue weighted by atomic mass is 9.78. The van der Waals surface area contributed by atoms with Crippen LogP contribution >= 0.6 is 54.5 Å². The SMILES string of the molecule is CCn1cc(I)c2ccc(Br)cc21.CCn1nc(-c2ccc(OCCCCCCN(C)C(=O)OC(C)(C)C)cc2F)c2ccc(Br)cc21.CN(CCCCCCOc1ccc(B2OC(C)(C)C(C)(C)O2)c(F)c1)C(=O)OC(C)(C)C. The molecule has 1 fully saturated rings. The molecule has 6 aromatic rings. The fraction of sp³-hybridized carbons (Fsp3) is 0.525. The van der Waals surface area contributed by atoms with Gasteiger partial charge in [0, 0.05) is 92.9 Å². The standard InChI is InChI=1S/C27H35BrFN3O3.C24H39BFNO5.C10H9BrIN/c1-6-32-24-17-19(28)11-13-22(24)25(30-32)21-14-12-20(18-23(21)29)34-16-10-8-7-9-15-31(5)26(33)35-27(2,3)4;1-22(2,3)30-21(28)27(8)15-11-9-10-12-16-29-18-13-14-19(20(26)17-18)25-31-23(4,5)24(6,7)32-25;1-2-13-6-9(12)8-4-3-7(11)5-10(8)13/h11-14,17-18H,6-10,15-16H2,1-5H3;13-14,17H,9-12,15-16H2,1-8H3;3-6H,2H2,1H3. The minimum atomic E-state index is -0.729. The van der Waals surface area contributed by atoms with Crippen molar-refractivity contribution in [3.05, 3.63) is 103 Å². The van der Waals surface area contributed by atoms with E-state index in [1.54, 1.807) is 48.2 Å². The Morgan fingerprint density at radius 3 is 1.60 bits per heavy atom. The van der Waals surface area contributed by atoms with E-state index >= 15 is 0 Å². The number of aryl methyl sites for hydroxylation is 2. The van der Waals surface area contributed by atoms with E-state index in [-0.39, 0.29) is 18.0 Å². The van der Waals surface area contributed by atoms with E-state index in [1.807, 2.05) is 99.0 Å². The van der Waals surface area contributed by atoms with Gasteiger partial charge in [0.1, 0.15) is 40.0 Å². The lowest BCUT2D eigenvalue weighted by Gasteiger charge is -2.32. The monoisotopic (exact) mass is 1350 g/mol. The van der Waals surface area contributed by atoms with Crippen LogP contribution in [-0.2, 0) is 31.9 Å². The number of ether oxygens (including phenoxy) is 4. The molecule has 0 aliphatic carbocycles. The summed E-state index contributed by atoms with van der Waals surface area (Å²) in [5.41, 5.74) is 1.76. The van der Waals surface area contributed by atoms with Crippen LogP contribution in [0.2, 0.25) is 0 Å². The van der Waals surface area contributed by atoms with Gasteiger partial charge in [-0.15, -0.1) is 0 Å². The first-order chi connectivity index (χ1) is 37.5. The second-order valence-corrected chi connectivity index (χ2v) is 26.0. The fourth-order valence-corrected chi connectivity index (χ4v) is 9.95. The van der Waals surface area contributed by atoms with Crippen LogP contribution in [0.3, 0.4) is 0 Å². The van der Waals surface area contributed by atoms with E-state index in [0.29, 0.717) is 61.1 Å². The van der Waals surface area contributed by atoms with Crippen molar-refractivity contribution < 1.29 is 46.6 Å². The Hall–Kier alpha value is -4.44. The van der Waals surface area contributed by atoms with E-state index in [2.05, 4.69) is 95.4 Å². The number of hydrogen-bond acceptors (Lipinski definition) is 9. The van der Waals surface area contributed by atoms with Gasteiger partial charge in [0.15, 0.2) is 0 Å². The summed E-state index contributed by atoms with van der Waals surface area (Å²) in [6.07, 6.45) is 9.00. The number of aromatic nitrogens is 3. The summed E-state index contributed by atoms with van der Waals surface area (Å²) in [6, 6.07) is 22.1. The molecule has 1 saturated heterocycles. The Morgan fingerprint density at radius 1 is 0.650 bits per heavy atom. The molecule has 0 N–H and O–H groups in total. The molecule has 0 saturated carbocycles. The predicted molar refractivity (Wildman–Crippen MR) is 334 cm³/mol. The molecule has 438 valence electrons. The maximum atomic E-state index is 15.0. The Bertz CT molecular complexity index is 2980. The number of unbranched alkanes of at least 4 members (excludes halogenated alkanes) is 6. The predicted octanol–water partition coefficient (Wildman–Crippen LogP) is 16.4. The summed E-state index contributed by atoms with van der Waals surface area (Å²) < 4.78 is 71.2.